The van der Waals surface area contributed by atoms with E-state index in [1.54, 1.807) is 0 Å². The van der Waals surface area contributed by atoms with Crippen LogP contribution < -0.4 is 0 Å². The maximum absolute atomic E-state index is 11.9. The van der Waals surface area contributed by atoms with Gasteiger partial charge in [-0.2, -0.15) is 0 Å². The van der Waals surface area contributed by atoms with Gasteiger partial charge in [-0.1, -0.05) is 41.0 Å². The number of carbonyl (C=O) groups excluding carboxylic acids is 1. The van der Waals surface area contributed by atoms with Crippen LogP contribution in [0.4, 0.5) is 0 Å². The number of rotatable bonds is 2. The molecule has 0 bridgehead atoms. The molecule has 1 atom stereocenters. The second-order valence-electron chi connectivity index (χ2n) is 6.99. The van der Waals surface area contributed by atoms with Crippen molar-refractivity contribution in [1.29, 1.82) is 0 Å². The molecule has 1 nitrogen and oxygen atoms in total. The third-order valence-corrected chi connectivity index (χ3v) is 3.48. The van der Waals surface area contributed by atoms with E-state index in [4.69, 9.17) is 0 Å². The van der Waals surface area contributed by atoms with Crippen LogP contribution in [0, 0.1) is 16.7 Å². The summed E-state index contributed by atoms with van der Waals surface area (Å²) in [6.07, 6.45) is 5.42. The summed E-state index contributed by atoms with van der Waals surface area (Å²) in [5, 5.41) is 0. The van der Waals surface area contributed by atoms with Crippen LogP contribution >= 0.6 is 0 Å². The Morgan fingerprint density at radius 3 is 2.20 bits per heavy atom. The molecule has 1 unspecified atom stereocenters. The third kappa shape index (κ3) is 3.62. The summed E-state index contributed by atoms with van der Waals surface area (Å²) >= 11 is 0. The van der Waals surface area contributed by atoms with Crippen molar-refractivity contribution in [2.24, 2.45) is 16.7 Å². The molecule has 1 rings (SSSR count). The van der Waals surface area contributed by atoms with Crippen molar-refractivity contribution >= 4 is 5.78 Å². The second-order valence-corrected chi connectivity index (χ2v) is 6.99. The zero-order valence-electron chi connectivity index (χ0n) is 11.0. The van der Waals surface area contributed by atoms with Crippen molar-refractivity contribution in [3.05, 3.63) is 0 Å². The summed E-state index contributed by atoms with van der Waals surface area (Å²) in [5.41, 5.74) is 0.497. The monoisotopic (exact) mass is 210 g/mol. The Morgan fingerprint density at radius 2 is 1.73 bits per heavy atom. The summed E-state index contributed by atoms with van der Waals surface area (Å²) in [5.74, 6) is 0.820. The van der Waals surface area contributed by atoms with Gasteiger partial charge in [-0.05, 0) is 30.1 Å². The Hall–Kier alpha value is -0.330. The lowest BCUT2D eigenvalue weighted by molar-refractivity contribution is -0.129. The van der Waals surface area contributed by atoms with Crippen LogP contribution in [0.25, 0.3) is 0 Å². The van der Waals surface area contributed by atoms with Crippen LogP contribution in [0.3, 0.4) is 0 Å². The van der Waals surface area contributed by atoms with E-state index < -0.39 is 0 Å². The quantitative estimate of drug-likeness (QED) is 0.667. The first-order chi connectivity index (χ1) is 6.72. The number of hydrogen-bond acceptors (Lipinski definition) is 1. The molecule has 0 aromatic rings. The molecule has 0 spiro atoms. The molecular formula is C14H26O. The van der Waals surface area contributed by atoms with Crippen LogP contribution in [0.15, 0.2) is 0 Å². The maximum Gasteiger partial charge on any atom is 0.136 e. The molecule has 0 aromatic carbocycles. The molecule has 1 saturated carbocycles. The normalized spacial score (nSPS) is 24.3. The highest BCUT2D eigenvalue weighted by molar-refractivity contribution is 5.82. The molecule has 1 aliphatic rings. The molecule has 0 N–H and O–H groups in total. The van der Waals surface area contributed by atoms with Crippen molar-refractivity contribution in [2.45, 2.75) is 66.7 Å². The lowest BCUT2D eigenvalue weighted by atomic mass is 9.64. The van der Waals surface area contributed by atoms with E-state index in [2.05, 4.69) is 34.6 Å². The van der Waals surface area contributed by atoms with Gasteiger partial charge in [-0.3, -0.25) is 4.79 Å². The highest BCUT2D eigenvalue weighted by Gasteiger charge is 2.38. The van der Waals surface area contributed by atoms with Crippen molar-refractivity contribution in [1.82, 2.24) is 0 Å². The fourth-order valence-corrected chi connectivity index (χ4v) is 3.30. The molecule has 0 saturated heterocycles. The van der Waals surface area contributed by atoms with E-state index >= 15 is 0 Å². The first-order valence-electron chi connectivity index (χ1n) is 6.25. The van der Waals surface area contributed by atoms with Gasteiger partial charge in [0, 0.05) is 12.3 Å². The van der Waals surface area contributed by atoms with E-state index in [0.29, 0.717) is 17.1 Å². The summed E-state index contributed by atoms with van der Waals surface area (Å²) in [7, 11) is 0. The molecule has 0 heterocycles. The zero-order chi connectivity index (χ0) is 11.7. The molecule has 0 amide bonds. The van der Waals surface area contributed by atoms with E-state index in [0.717, 1.165) is 25.7 Å². The van der Waals surface area contributed by atoms with Crippen LogP contribution in [-0.4, -0.2) is 5.78 Å². The van der Waals surface area contributed by atoms with Gasteiger partial charge in [0.25, 0.3) is 0 Å². The maximum atomic E-state index is 11.9. The van der Waals surface area contributed by atoms with Gasteiger partial charge in [0.1, 0.15) is 5.78 Å². The van der Waals surface area contributed by atoms with Crippen LogP contribution in [0.5, 0.6) is 0 Å². The predicted molar refractivity (Wildman–Crippen MR) is 64.8 cm³/mol. The molecule has 1 aliphatic carbocycles. The Bertz CT molecular complexity index is 232. The van der Waals surface area contributed by atoms with E-state index in [-0.39, 0.29) is 5.41 Å². The van der Waals surface area contributed by atoms with E-state index in [9.17, 15) is 4.79 Å². The highest BCUT2D eigenvalue weighted by atomic mass is 16.1. The Kier molecular flexibility index (Phi) is 3.63. The minimum atomic E-state index is 0.176. The van der Waals surface area contributed by atoms with Crippen LogP contribution in [-0.2, 0) is 4.79 Å². The number of Topliss-reactive ketones (excluding diaryl/α,β-unsaturated/α-hetero) is 1. The smallest absolute Gasteiger partial charge is 0.136 e. The minimum Gasteiger partial charge on any atom is -0.299 e. The van der Waals surface area contributed by atoms with Crippen LogP contribution in [0.2, 0.25) is 0 Å². The summed E-state index contributed by atoms with van der Waals surface area (Å²) in [6.45, 7) is 11.3. The molecular weight excluding hydrogens is 184 g/mol. The Labute approximate surface area is 94.6 Å². The van der Waals surface area contributed by atoms with Crippen molar-refractivity contribution in [3.63, 3.8) is 0 Å². The average Bonchev–Trinajstić information content (AvgIpc) is 1.99. The summed E-state index contributed by atoms with van der Waals surface area (Å²) < 4.78 is 0. The first kappa shape index (κ1) is 12.7. The van der Waals surface area contributed by atoms with Crippen molar-refractivity contribution in [3.8, 4) is 0 Å². The molecule has 15 heavy (non-hydrogen) atoms. The lowest BCUT2D eigenvalue weighted by Crippen LogP contribution is -2.36. The average molecular weight is 210 g/mol. The first-order valence-corrected chi connectivity index (χ1v) is 6.25. The summed E-state index contributed by atoms with van der Waals surface area (Å²) in [4.78, 5) is 11.9. The molecule has 0 radical (unpaired) electrons. The van der Waals surface area contributed by atoms with Gasteiger partial charge in [0.2, 0.25) is 0 Å². The molecule has 1 heteroatoms. The van der Waals surface area contributed by atoms with Gasteiger partial charge >= 0.3 is 0 Å². The molecule has 0 aliphatic heterocycles. The topological polar surface area (TPSA) is 17.1 Å². The number of ketones is 1. The second kappa shape index (κ2) is 4.27. The number of hydrogen-bond donors (Lipinski definition) is 0. The zero-order valence-corrected chi connectivity index (χ0v) is 11.0. The number of carbonyl (C=O) groups is 1. The SMILES string of the molecule is CC(C)(C)CC(C)(C)C1CCCCC1=O. The lowest BCUT2D eigenvalue weighted by Gasteiger charge is -2.40. The molecule has 88 valence electrons. The largest absolute Gasteiger partial charge is 0.299 e. The molecule has 1 fully saturated rings. The van der Waals surface area contributed by atoms with Crippen molar-refractivity contribution < 1.29 is 4.79 Å². The van der Waals surface area contributed by atoms with Gasteiger partial charge < -0.3 is 0 Å². The van der Waals surface area contributed by atoms with Gasteiger partial charge in [0.05, 0.1) is 0 Å². The fourth-order valence-electron chi connectivity index (χ4n) is 3.30. The Morgan fingerprint density at radius 1 is 1.13 bits per heavy atom. The third-order valence-electron chi connectivity index (χ3n) is 3.48. The minimum absolute atomic E-state index is 0.176. The standard InChI is InChI=1S/C14H26O/c1-13(2,3)10-14(4,5)11-8-6-7-9-12(11)15/h11H,6-10H2,1-5H3. The fraction of sp³-hybridized carbons (Fsp3) is 0.929. The highest BCUT2D eigenvalue weighted by Crippen LogP contribution is 2.43. The van der Waals surface area contributed by atoms with Crippen LogP contribution in [0.1, 0.15) is 66.7 Å². The predicted octanol–water partition coefficient (Wildman–Crippen LogP) is 4.21. The van der Waals surface area contributed by atoms with Crippen molar-refractivity contribution in [2.75, 3.05) is 0 Å². The van der Waals surface area contributed by atoms with Gasteiger partial charge in [-0.15, -0.1) is 0 Å². The van der Waals surface area contributed by atoms with Gasteiger partial charge in [-0.25, -0.2) is 0 Å². The van der Waals surface area contributed by atoms with E-state index in [1.807, 2.05) is 0 Å². The molecule has 0 aromatic heterocycles. The van der Waals surface area contributed by atoms with E-state index in [1.165, 1.54) is 6.42 Å². The Balaban J connectivity index is 2.70. The summed E-state index contributed by atoms with van der Waals surface area (Å²) in [6, 6.07) is 0. The van der Waals surface area contributed by atoms with Gasteiger partial charge in [0.15, 0.2) is 0 Å².